The van der Waals surface area contributed by atoms with Gasteiger partial charge in [-0.3, -0.25) is 44.6 Å². The number of phenolic OH excluding ortho intramolecular Hbond substituents is 1. The van der Waals surface area contributed by atoms with E-state index in [9.17, 15) is 29.1 Å². The molecule has 0 fully saturated rings. The quantitative estimate of drug-likeness (QED) is 0.0225. The first-order chi connectivity index (χ1) is 29.7. The van der Waals surface area contributed by atoms with Crippen LogP contribution in [0.2, 0.25) is 0 Å². The molecule has 340 valence electrons. The number of aliphatic imine (C=N–C) groups is 2. The van der Waals surface area contributed by atoms with Crippen LogP contribution in [-0.4, -0.2) is 113 Å². The molecule has 0 aliphatic rings. The minimum atomic E-state index is -0.833. The number of ether oxygens (including phenoxy) is 5. The maximum atomic E-state index is 14.1. The van der Waals surface area contributed by atoms with Crippen molar-refractivity contribution < 1.29 is 52.4 Å². The summed E-state index contributed by atoms with van der Waals surface area (Å²) in [5, 5.41) is 16.6. The number of nitrogens with one attached hydrogen (secondary N) is 2. The largest absolute Gasteiger partial charge is 0.507 e. The Kier molecular flexibility index (Phi) is 21.0. The number of esters is 2. The Morgan fingerprint density at radius 1 is 0.758 bits per heavy atom. The number of phenols is 1. The average molecular weight is 869 g/mol. The lowest BCUT2D eigenvalue weighted by atomic mass is 9.98. The van der Waals surface area contributed by atoms with E-state index in [1.165, 1.54) is 39.5 Å². The lowest BCUT2D eigenvalue weighted by Gasteiger charge is -2.18. The molecule has 0 saturated heterocycles. The van der Waals surface area contributed by atoms with Crippen LogP contribution < -0.4 is 53.2 Å². The molecule has 2 atom stereocenters. The second kappa shape index (κ2) is 26.0. The highest BCUT2D eigenvalue weighted by molar-refractivity contribution is 5.88. The number of aromatic hydroxyl groups is 1. The van der Waals surface area contributed by atoms with E-state index in [0.717, 1.165) is 19.3 Å². The molecule has 3 rings (SSSR count). The highest BCUT2D eigenvalue weighted by atomic mass is 16.5. The number of fused-ring (bicyclic) bond motifs is 1. The van der Waals surface area contributed by atoms with Gasteiger partial charge in [0.2, 0.25) is 0 Å². The Balaban J connectivity index is 1.95. The summed E-state index contributed by atoms with van der Waals surface area (Å²) in [6.07, 6.45) is 5.14. The monoisotopic (exact) mass is 868 g/mol. The van der Waals surface area contributed by atoms with Gasteiger partial charge in [0.1, 0.15) is 65.0 Å². The summed E-state index contributed by atoms with van der Waals surface area (Å²) >= 11 is 0. The van der Waals surface area contributed by atoms with Crippen molar-refractivity contribution in [2.75, 3.05) is 60.7 Å². The summed E-state index contributed by atoms with van der Waals surface area (Å²) in [7, 11) is 3.88. The predicted molar refractivity (Wildman–Crippen MR) is 232 cm³/mol. The molecule has 2 aromatic carbocycles. The van der Waals surface area contributed by atoms with Crippen LogP contribution in [0.1, 0.15) is 63.9 Å². The number of methoxy groups -OCH3 is 3. The molecule has 0 unspecified atom stereocenters. The first-order valence-electron chi connectivity index (χ1n) is 20.3. The molecule has 11 N–H and O–H groups in total. The molecular formula is C42H60N8O12. The van der Waals surface area contributed by atoms with E-state index in [2.05, 4.69) is 27.5 Å². The number of unbranched alkanes of at least 4 members (excludes halogenated alkanes) is 3. The summed E-state index contributed by atoms with van der Waals surface area (Å²) in [6.45, 7) is 1.21. The maximum absolute atomic E-state index is 14.1. The number of hydrogen-bond donors (Lipinski definition) is 7. The van der Waals surface area contributed by atoms with Crippen LogP contribution in [0.25, 0.3) is 22.3 Å². The fraction of sp³-hybridized carbons (Fsp3) is 0.500. The second-order valence-electron chi connectivity index (χ2n) is 14.2. The van der Waals surface area contributed by atoms with Crippen LogP contribution in [0, 0.1) is 0 Å². The number of benzene rings is 2. The number of nitrogens with two attached hydrogens (primary N) is 4. The van der Waals surface area contributed by atoms with Crippen molar-refractivity contribution in [3.05, 3.63) is 46.1 Å². The zero-order valence-corrected chi connectivity index (χ0v) is 35.8. The predicted octanol–water partition coefficient (Wildman–Crippen LogP) is 1.56. The first kappa shape index (κ1) is 49.9. The van der Waals surface area contributed by atoms with E-state index in [-0.39, 0.29) is 95.4 Å². The molecule has 62 heavy (non-hydrogen) atoms. The summed E-state index contributed by atoms with van der Waals surface area (Å²) in [5.74, 6) is -1.84. The molecule has 0 spiro atoms. The molecule has 20 heteroatoms. The molecule has 0 amide bonds. The van der Waals surface area contributed by atoms with Crippen molar-refractivity contribution in [3.63, 3.8) is 0 Å². The number of Topliss-reactive ketones (excluding diaryl/α,β-unsaturated/α-hetero) is 2. The van der Waals surface area contributed by atoms with Crippen LogP contribution in [0.3, 0.4) is 0 Å². The minimum Gasteiger partial charge on any atom is -0.507 e. The van der Waals surface area contributed by atoms with E-state index in [4.69, 9.17) is 51.0 Å². The fourth-order valence-electron chi connectivity index (χ4n) is 6.30. The topological polar surface area (TPSA) is 318 Å². The standard InChI is InChI=1S/C42H60N8O12/c1-5-6-7-8-11-30-37(54)36-33(53)18-28(57-2)20-35(36)62-38(30)29-15-14-27(60-23-25(51)21-49-31(39(55)58-3)12-9-16-47-41(43)44)19-34(29)61-24-26(52)22-50-32(40(56)59-4)13-10-17-48-42(45)46/h14-15,18-20,31-32,49-50,53H,5-13,16-17,21-24H2,1-4H3,(H4,43,44,47)(H4,45,46,48)/t31-,32-/m1/s1. The van der Waals surface area contributed by atoms with Crippen LogP contribution >= 0.6 is 0 Å². The number of hydrogen-bond acceptors (Lipinski definition) is 16. The average Bonchev–Trinajstić information content (AvgIpc) is 3.25. The Morgan fingerprint density at radius 3 is 1.87 bits per heavy atom. The van der Waals surface area contributed by atoms with Crippen LogP contribution in [0.5, 0.6) is 23.0 Å². The first-order valence-corrected chi connectivity index (χ1v) is 20.3. The van der Waals surface area contributed by atoms with Gasteiger partial charge in [-0.2, -0.15) is 0 Å². The van der Waals surface area contributed by atoms with Gasteiger partial charge in [-0.05, 0) is 50.7 Å². The Labute approximate surface area is 359 Å². The molecule has 0 bridgehead atoms. The fourth-order valence-corrected chi connectivity index (χ4v) is 6.30. The lowest BCUT2D eigenvalue weighted by Crippen LogP contribution is -2.41. The molecule has 0 radical (unpaired) electrons. The summed E-state index contributed by atoms with van der Waals surface area (Å²) in [4.78, 5) is 73.0. The number of ketones is 2. The van der Waals surface area contributed by atoms with E-state index in [1.807, 2.05) is 0 Å². The van der Waals surface area contributed by atoms with E-state index < -0.39 is 54.2 Å². The van der Waals surface area contributed by atoms with Crippen LogP contribution in [-0.2, 0) is 35.1 Å². The Hall–Kier alpha value is -6.41. The number of rotatable bonds is 29. The molecular weight excluding hydrogens is 809 g/mol. The number of carbonyl (C=O) groups is 4. The van der Waals surface area contributed by atoms with Crippen molar-refractivity contribution in [2.24, 2.45) is 32.9 Å². The van der Waals surface area contributed by atoms with Crippen molar-refractivity contribution in [3.8, 4) is 34.3 Å². The Bertz CT molecular complexity index is 2100. The third-order valence-corrected chi connectivity index (χ3v) is 9.50. The smallest absolute Gasteiger partial charge is 0.322 e. The van der Waals surface area contributed by atoms with Crippen molar-refractivity contribution in [1.29, 1.82) is 0 Å². The second-order valence-corrected chi connectivity index (χ2v) is 14.2. The maximum Gasteiger partial charge on any atom is 0.322 e. The number of guanidine groups is 2. The lowest BCUT2D eigenvalue weighted by molar-refractivity contribution is -0.144. The summed E-state index contributed by atoms with van der Waals surface area (Å²) in [6, 6.07) is 5.75. The highest BCUT2D eigenvalue weighted by Crippen LogP contribution is 2.39. The molecule has 0 saturated carbocycles. The van der Waals surface area contributed by atoms with Gasteiger partial charge >= 0.3 is 11.9 Å². The van der Waals surface area contributed by atoms with Gasteiger partial charge in [0.25, 0.3) is 0 Å². The molecule has 1 aromatic heterocycles. The molecule has 0 aliphatic heterocycles. The number of nitrogens with zero attached hydrogens (tertiary/aromatic N) is 2. The minimum absolute atomic E-state index is 0.0162. The molecule has 20 nitrogen and oxygen atoms in total. The van der Waals surface area contributed by atoms with Crippen LogP contribution in [0.4, 0.5) is 0 Å². The molecule has 3 aromatic rings. The van der Waals surface area contributed by atoms with Gasteiger partial charge in [-0.1, -0.05) is 26.2 Å². The van der Waals surface area contributed by atoms with Crippen molar-refractivity contribution >= 4 is 46.4 Å². The van der Waals surface area contributed by atoms with E-state index in [1.54, 1.807) is 12.1 Å². The van der Waals surface area contributed by atoms with Gasteiger partial charge in [-0.25, -0.2) is 0 Å². The van der Waals surface area contributed by atoms with Crippen LogP contribution in [0.15, 0.2) is 49.5 Å². The van der Waals surface area contributed by atoms with Crippen molar-refractivity contribution in [1.82, 2.24) is 10.6 Å². The van der Waals surface area contributed by atoms with Gasteiger partial charge in [0.15, 0.2) is 28.9 Å². The normalized spacial score (nSPS) is 11.9. The SMILES string of the molecule is CCCCCCc1c(-c2ccc(OCC(=O)CN[C@H](CCCN=C(N)N)C(=O)OC)cc2OCC(=O)CN[C@H](CCCN=C(N)N)C(=O)OC)oc2cc(OC)cc(O)c2c1=O. The summed E-state index contributed by atoms with van der Waals surface area (Å²) < 4.78 is 33.4. The zero-order valence-electron chi connectivity index (χ0n) is 35.8. The van der Waals surface area contributed by atoms with Gasteiger partial charge in [0, 0.05) is 36.9 Å². The highest BCUT2D eigenvalue weighted by Gasteiger charge is 2.25. The molecule has 1 heterocycles. The third kappa shape index (κ3) is 15.9. The van der Waals surface area contributed by atoms with E-state index >= 15 is 0 Å². The third-order valence-electron chi connectivity index (χ3n) is 9.50. The number of carbonyl (C=O) groups excluding carboxylic acids is 4. The van der Waals surface area contributed by atoms with Gasteiger partial charge < -0.3 is 56.1 Å². The van der Waals surface area contributed by atoms with Crippen molar-refractivity contribution in [2.45, 2.75) is 76.8 Å². The van der Waals surface area contributed by atoms with E-state index in [0.29, 0.717) is 32.1 Å². The summed E-state index contributed by atoms with van der Waals surface area (Å²) in [5.41, 5.74) is 21.7. The van der Waals surface area contributed by atoms with Gasteiger partial charge in [0.05, 0.1) is 40.0 Å². The van der Waals surface area contributed by atoms with Gasteiger partial charge in [-0.15, -0.1) is 0 Å². The zero-order chi connectivity index (χ0) is 45.6. The Morgan fingerprint density at radius 2 is 1.34 bits per heavy atom. The molecule has 0 aliphatic carbocycles.